The van der Waals surface area contributed by atoms with Gasteiger partial charge in [0.25, 0.3) is 0 Å². The second kappa shape index (κ2) is 2.99. The predicted molar refractivity (Wildman–Crippen MR) is 48.6 cm³/mol. The molecular weight excluding hydrogens is 187 g/mol. The van der Waals surface area contributed by atoms with Gasteiger partial charge in [-0.15, -0.1) is 0 Å². The zero-order valence-electron chi connectivity index (χ0n) is 7.07. The highest BCUT2D eigenvalue weighted by molar-refractivity contribution is 5.46. The van der Waals surface area contributed by atoms with Crippen LogP contribution in [-0.4, -0.2) is 14.8 Å². The van der Waals surface area contributed by atoms with E-state index in [1.165, 1.54) is 29.1 Å². The quantitative estimate of drug-likeness (QED) is 0.640. The van der Waals surface area contributed by atoms with Crippen molar-refractivity contribution >= 4 is 5.69 Å². The number of nitrogens with two attached hydrogens (primary N) is 1. The zero-order chi connectivity index (χ0) is 10.1. The number of rotatable bonds is 1. The molecule has 2 aromatic rings. The van der Waals surface area contributed by atoms with Gasteiger partial charge in [0.2, 0.25) is 0 Å². The second-order valence-corrected chi connectivity index (χ2v) is 2.74. The Balaban J connectivity index is 2.59. The minimum atomic E-state index is -0.560. The van der Waals surface area contributed by atoms with E-state index in [0.717, 1.165) is 0 Å². The van der Waals surface area contributed by atoms with Crippen molar-refractivity contribution in [3.05, 3.63) is 40.8 Å². The van der Waals surface area contributed by atoms with Crippen molar-refractivity contribution in [3.8, 4) is 5.69 Å². The molecule has 2 rings (SSSR count). The Morgan fingerprint density at radius 1 is 1.50 bits per heavy atom. The third kappa shape index (κ3) is 1.26. The van der Waals surface area contributed by atoms with Gasteiger partial charge in [-0.3, -0.25) is 0 Å². The van der Waals surface area contributed by atoms with Crippen molar-refractivity contribution in [3.63, 3.8) is 0 Å². The van der Waals surface area contributed by atoms with Crippen LogP contribution in [0.2, 0.25) is 0 Å². The summed E-state index contributed by atoms with van der Waals surface area (Å²) in [5.74, 6) is -0.560. The van der Waals surface area contributed by atoms with E-state index in [2.05, 4.69) is 10.2 Å². The zero-order valence-corrected chi connectivity index (χ0v) is 7.07. The van der Waals surface area contributed by atoms with Gasteiger partial charge in [0.15, 0.2) is 0 Å². The average molecular weight is 194 g/mol. The van der Waals surface area contributed by atoms with Gasteiger partial charge < -0.3 is 5.73 Å². The van der Waals surface area contributed by atoms with Crippen LogP contribution in [0.25, 0.3) is 5.69 Å². The molecule has 72 valence electrons. The summed E-state index contributed by atoms with van der Waals surface area (Å²) in [6.45, 7) is 0. The molecule has 0 saturated carbocycles. The molecule has 0 saturated heterocycles. The molecule has 0 aliphatic heterocycles. The standard InChI is InChI=1S/C8H7FN4O/c9-6-3-5(1-2-7(6)10)13-4-11-12-8(13)14/h1-4H,10H2,(H,12,14). The fourth-order valence-electron chi connectivity index (χ4n) is 1.10. The van der Waals surface area contributed by atoms with Crippen molar-refractivity contribution in [2.24, 2.45) is 0 Å². The molecule has 1 aromatic heterocycles. The van der Waals surface area contributed by atoms with Gasteiger partial charge in [-0.25, -0.2) is 18.9 Å². The third-order valence-corrected chi connectivity index (χ3v) is 1.81. The Labute approximate surface area is 78.0 Å². The molecule has 0 amide bonds. The van der Waals surface area contributed by atoms with E-state index >= 15 is 0 Å². The van der Waals surface area contributed by atoms with E-state index in [-0.39, 0.29) is 5.69 Å². The topological polar surface area (TPSA) is 76.7 Å². The Morgan fingerprint density at radius 2 is 2.29 bits per heavy atom. The minimum Gasteiger partial charge on any atom is -0.396 e. The predicted octanol–water partition coefficient (Wildman–Crippen LogP) is 0.282. The van der Waals surface area contributed by atoms with E-state index in [1.54, 1.807) is 0 Å². The molecule has 0 bridgehead atoms. The third-order valence-electron chi connectivity index (χ3n) is 1.81. The van der Waals surface area contributed by atoms with E-state index < -0.39 is 11.5 Å². The average Bonchev–Trinajstić information content (AvgIpc) is 2.57. The molecule has 0 atom stereocenters. The minimum absolute atomic E-state index is 0.0466. The summed E-state index contributed by atoms with van der Waals surface area (Å²) in [6.07, 6.45) is 1.27. The highest BCUT2D eigenvalue weighted by Gasteiger charge is 2.03. The second-order valence-electron chi connectivity index (χ2n) is 2.74. The Morgan fingerprint density at radius 3 is 2.86 bits per heavy atom. The number of benzene rings is 1. The Hall–Kier alpha value is -2.11. The van der Waals surface area contributed by atoms with Gasteiger partial charge in [0, 0.05) is 6.07 Å². The summed E-state index contributed by atoms with van der Waals surface area (Å²) in [5, 5.41) is 5.73. The van der Waals surface area contributed by atoms with Gasteiger partial charge >= 0.3 is 5.69 Å². The summed E-state index contributed by atoms with van der Waals surface area (Å²) < 4.78 is 14.2. The normalized spacial score (nSPS) is 10.4. The molecule has 0 spiro atoms. The van der Waals surface area contributed by atoms with Gasteiger partial charge in [0.05, 0.1) is 11.4 Å². The molecular formula is C8H7FN4O. The summed E-state index contributed by atoms with van der Waals surface area (Å²) in [6, 6.07) is 4.10. The monoisotopic (exact) mass is 194 g/mol. The number of aromatic amines is 1. The molecule has 0 aliphatic carbocycles. The van der Waals surface area contributed by atoms with Gasteiger partial charge in [0.1, 0.15) is 12.1 Å². The van der Waals surface area contributed by atoms with Crippen molar-refractivity contribution in [2.75, 3.05) is 5.73 Å². The van der Waals surface area contributed by atoms with Crippen LogP contribution >= 0.6 is 0 Å². The molecule has 1 aromatic carbocycles. The highest BCUT2D eigenvalue weighted by Crippen LogP contribution is 2.13. The molecule has 0 unspecified atom stereocenters. The van der Waals surface area contributed by atoms with E-state index in [0.29, 0.717) is 5.69 Å². The van der Waals surface area contributed by atoms with Gasteiger partial charge in [-0.1, -0.05) is 0 Å². The van der Waals surface area contributed by atoms with Gasteiger partial charge in [-0.2, -0.15) is 5.10 Å². The summed E-state index contributed by atoms with van der Waals surface area (Å²) in [5.41, 5.74) is 5.30. The van der Waals surface area contributed by atoms with Crippen molar-refractivity contribution in [1.29, 1.82) is 0 Å². The summed E-state index contributed by atoms with van der Waals surface area (Å²) in [4.78, 5) is 11.1. The van der Waals surface area contributed by atoms with E-state index in [9.17, 15) is 9.18 Å². The molecule has 0 aliphatic rings. The number of aromatic nitrogens is 3. The van der Waals surface area contributed by atoms with Crippen LogP contribution < -0.4 is 11.4 Å². The first-order chi connectivity index (χ1) is 6.68. The van der Waals surface area contributed by atoms with Crippen LogP contribution in [0.15, 0.2) is 29.3 Å². The number of anilines is 1. The SMILES string of the molecule is Nc1ccc(-n2cn[nH]c2=O)cc1F. The number of hydrogen-bond donors (Lipinski definition) is 2. The molecule has 14 heavy (non-hydrogen) atoms. The maximum absolute atomic E-state index is 13.0. The largest absolute Gasteiger partial charge is 0.396 e. The number of H-pyrrole nitrogens is 1. The smallest absolute Gasteiger partial charge is 0.347 e. The van der Waals surface area contributed by atoms with Gasteiger partial charge in [-0.05, 0) is 12.1 Å². The molecule has 3 N–H and O–H groups in total. The first kappa shape index (κ1) is 8.49. The van der Waals surface area contributed by atoms with E-state index in [4.69, 9.17) is 5.73 Å². The number of halogens is 1. The first-order valence-electron chi connectivity index (χ1n) is 3.86. The number of nitrogen functional groups attached to an aromatic ring is 1. The summed E-state index contributed by atoms with van der Waals surface area (Å²) in [7, 11) is 0. The lowest BCUT2D eigenvalue weighted by molar-refractivity contribution is 0.631. The lowest BCUT2D eigenvalue weighted by atomic mass is 10.3. The number of nitrogens with zero attached hydrogens (tertiary/aromatic N) is 2. The fourth-order valence-corrected chi connectivity index (χ4v) is 1.10. The fraction of sp³-hybridized carbons (Fsp3) is 0. The maximum Gasteiger partial charge on any atom is 0.347 e. The van der Waals surface area contributed by atoms with Crippen LogP contribution in [0.3, 0.4) is 0 Å². The molecule has 5 nitrogen and oxygen atoms in total. The molecule has 0 radical (unpaired) electrons. The van der Waals surface area contributed by atoms with Crippen molar-refractivity contribution < 1.29 is 4.39 Å². The lowest BCUT2D eigenvalue weighted by Gasteiger charge is -2.01. The number of hydrogen-bond acceptors (Lipinski definition) is 3. The molecule has 0 fully saturated rings. The Bertz CT molecular complexity index is 516. The maximum atomic E-state index is 13.0. The molecule has 6 heteroatoms. The van der Waals surface area contributed by atoms with Crippen molar-refractivity contribution in [1.82, 2.24) is 14.8 Å². The summed E-state index contributed by atoms with van der Waals surface area (Å²) >= 11 is 0. The van der Waals surface area contributed by atoms with Crippen LogP contribution in [0.1, 0.15) is 0 Å². The van der Waals surface area contributed by atoms with Crippen molar-refractivity contribution in [2.45, 2.75) is 0 Å². The van der Waals surface area contributed by atoms with Crippen LogP contribution in [-0.2, 0) is 0 Å². The Kier molecular flexibility index (Phi) is 1.81. The van der Waals surface area contributed by atoms with E-state index in [1.807, 2.05) is 0 Å². The van der Waals surface area contributed by atoms with Crippen LogP contribution in [0.4, 0.5) is 10.1 Å². The lowest BCUT2D eigenvalue weighted by Crippen LogP contribution is -2.14. The molecule has 1 heterocycles. The first-order valence-corrected chi connectivity index (χ1v) is 3.86. The highest BCUT2D eigenvalue weighted by atomic mass is 19.1. The number of nitrogens with one attached hydrogen (secondary N) is 1. The van der Waals surface area contributed by atoms with Crippen LogP contribution in [0, 0.1) is 5.82 Å². The van der Waals surface area contributed by atoms with Crippen LogP contribution in [0.5, 0.6) is 0 Å².